The average molecular weight is 333 g/mol. The molecule has 1 atom stereocenters. The molecule has 23 heavy (non-hydrogen) atoms. The van der Waals surface area contributed by atoms with Crippen LogP contribution in [0, 0.1) is 12.8 Å². The van der Waals surface area contributed by atoms with Crippen molar-refractivity contribution in [1.29, 1.82) is 0 Å². The molecular weight excluding hydrogens is 316 g/mol. The molecule has 0 saturated carbocycles. The summed E-state index contributed by atoms with van der Waals surface area (Å²) in [6.07, 6.45) is 0.664. The maximum absolute atomic E-state index is 12.8. The first kappa shape index (κ1) is 14.5. The Morgan fingerprint density at radius 2 is 2.22 bits per heavy atom. The molecule has 0 N–H and O–H groups in total. The van der Waals surface area contributed by atoms with Gasteiger partial charge in [0.1, 0.15) is 18.2 Å². The Balaban J connectivity index is 1.50. The lowest BCUT2D eigenvalue weighted by Gasteiger charge is -2.32. The molecule has 3 heterocycles. The molecule has 1 aromatic heterocycles. The summed E-state index contributed by atoms with van der Waals surface area (Å²) in [6, 6.07) is 5.55. The van der Waals surface area contributed by atoms with Gasteiger partial charge in [0.2, 0.25) is 5.91 Å². The monoisotopic (exact) mass is 332 g/mol. The zero-order valence-corrected chi connectivity index (χ0v) is 13.6. The number of fused-ring (bicyclic) bond motifs is 2. The standard InChI is InChI=1S/C16H17ClN4O2/c1-10-18-19-15-8-20(4-5-21(10)15)16(22)12-6-11-7-13(17)2-3-14(11)23-9-12/h2-3,7,12H,4-6,8-9H2,1H3/t12-/m1/s1. The molecule has 0 spiro atoms. The van der Waals surface area contributed by atoms with Crippen LogP contribution in [-0.4, -0.2) is 38.7 Å². The van der Waals surface area contributed by atoms with Gasteiger partial charge in [-0.3, -0.25) is 4.79 Å². The minimum atomic E-state index is -0.170. The minimum Gasteiger partial charge on any atom is -0.492 e. The van der Waals surface area contributed by atoms with Crippen LogP contribution in [0.15, 0.2) is 18.2 Å². The Bertz CT molecular complexity index is 773. The summed E-state index contributed by atoms with van der Waals surface area (Å²) in [6.45, 7) is 4.29. The van der Waals surface area contributed by atoms with Crippen LogP contribution >= 0.6 is 11.6 Å². The van der Waals surface area contributed by atoms with Crippen molar-refractivity contribution >= 4 is 17.5 Å². The Morgan fingerprint density at radius 1 is 1.35 bits per heavy atom. The lowest BCUT2D eigenvalue weighted by atomic mass is 9.95. The normalized spacial score (nSPS) is 19.7. The Hall–Kier alpha value is -2.08. The van der Waals surface area contributed by atoms with E-state index in [0.29, 0.717) is 31.1 Å². The second-order valence-corrected chi connectivity index (χ2v) is 6.48. The van der Waals surface area contributed by atoms with Gasteiger partial charge < -0.3 is 14.2 Å². The number of hydrogen-bond donors (Lipinski definition) is 0. The number of hydrogen-bond acceptors (Lipinski definition) is 4. The molecule has 2 aliphatic heterocycles. The molecule has 0 aliphatic carbocycles. The summed E-state index contributed by atoms with van der Waals surface area (Å²) >= 11 is 6.04. The minimum absolute atomic E-state index is 0.113. The van der Waals surface area contributed by atoms with Crippen LogP contribution < -0.4 is 4.74 Å². The zero-order chi connectivity index (χ0) is 16.0. The first-order chi connectivity index (χ1) is 11.1. The molecule has 0 radical (unpaired) electrons. The first-order valence-corrected chi connectivity index (χ1v) is 8.08. The van der Waals surface area contributed by atoms with E-state index in [1.165, 1.54) is 0 Å². The highest BCUT2D eigenvalue weighted by atomic mass is 35.5. The number of ether oxygens (including phenoxy) is 1. The fourth-order valence-corrected chi connectivity index (χ4v) is 3.47. The molecular formula is C16H17ClN4O2. The molecule has 2 aromatic rings. The van der Waals surface area contributed by atoms with Crippen molar-refractivity contribution in [3.05, 3.63) is 40.4 Å². The van der Waals surface area contributed by atoms with E-state index >= 15 is 0 Å². The summed E-state index contributed by atoms with van der Waals surface area (Å²) in [5, 5.41) is 8.90. The van der Waals surface area contributed by atoms with Gasteiger partial charge in [0.05, 0.1) is 12.5 Å². The molecule has 6 nitrogen and oxygen atoms in total. The van der Waals surface area contributed by atoms with Gasteiger partial charge in [0.15, 0.2) is 5.82 Å². The molecule has 0 fully saturated rings. The third-order valence-electron chi connectivity index (χ3n) is 4.53. The van der Waals surface area contributed by atoms with Crippen molar-refractivity contribution in [3.63, 3.8) is 0 Å². The van der Waals surface area contributed by atoms with Gasteiger partial charge in [-0.1, -0.05) is 11.6 Å². The van der Waals surface area contributed by atoms with E-state index in [4.69, 9.17) is 16.3 Å². The molecule has 1 aromatic carbocycles. The number of nitrogens with zero attached hydrogens (tertiary/aromatic N) is 4. The lowest BCUT2D eigenvalue weighted by molar-refractivity contribution is -0.138. The van der Waals surface area contributed by atoms with Crippen molar-refractivity contribution in [3.8, 4) is 5.75 Å². The topological polar surface area (TPSA) is 60.2 Å². The van der Waals surface area contributed by atoms with Gasteiger partial charge in [-0.15, -0.1) is 10.2 Å². The van der Waals surface area contributed by atoms with E-state index < -0.39 is 0 Å². The largest absolute Gasteiger partial charge is 0.492 e. The predicted molar refractivity (Wildman–Crippen MR) is 84.3 cm³/mol. The van der Waals surface area contributed by atoms with Crippen LogP contribution in [0.3, 0.4) is 0 Å². The molecule has 1 amide bonds. The number of carbonyl (C=O) groups is 1. The number of aromatic nitrogens is 3. The van der Waals surface area contributed by atoms with E-state index in [-0.39, 0.29) is 11.8 Å². The molecule has 7 heteroatoms. The van der Waals surface area contributed by atoms with E-state index in [9.17, 15) is 4.79 Å². The molecule has 120 valence electrons. The van der Waals surface area contributed by atoms with Crippen LogP contribution in [0.4, 0.5) is 0 Å². The molecule has 0 unspecified atom stereocenters. The average Bonchev–Trinajstić information content (AvgIpc) is 2.94. The van der Waals surface area contributed by atoms with Crippen molar-refractivity contribution in [2.75, 3.05) is 13.2 Å². The van der Waals surface area contributed by atoms with Crippen molar-refractivity contribution in [2.24, 2.45) is 5.92 Å². The van der Waals surface area contributed by atoms with Crippen LogP contribution in [-0.2, 0) is 24.3 Å². The highest BCUT2D eigenvalue weighted by Crippen LogP contribution is 2.31. The van der Waals surface area contributed by atoms with Crippen LogP contribution in [0.5, 0.6) is 5.75 Å². The summed E-state index contributed by atoms with van der Waals surface area (Å²) < 4.78 is 7.80. The van der Waals surface area contributed by atoms with E-state index in [1.807, 2.05) is 30.0 Å². The van der Waals surface area contributed by atoms with Crippen LogP contribution in [0.1, 0.15) is 17.2 Å². The van der Waals surface area contributed by atoms with Crippen LogP contribution in [0.25, 0.3) is 0 Å². The number of benzene rings is 1. The lowest BCUT2D eigenvalue weighted by Crippen LogP contribution is -2.44. The number of amides is 1. The predicted octanol–water partition coefficient (Wildman–Crippen LogP) is 1.83. The van der Waals surface area contributed by atoms with Crippen molar-refractivity contribution in [2.45, 2.75) is 26.4 Å². The van der Waals surface area contributed by atoms with E-state index in [1.54, 1.807) is 0 Å². The Morgan fingerprint density at radius 3 is 3.09 bits per heavy atom. The highest BCUT2D eigenvalue weighted by Gasteiger charge is 2.32. The zero-order valence-electron chi connectivity index (χ0n) is 12.8. The van der Waals surface area contributed by atoms with E-state index in [2.05, 4.69) is 14.8 Å². The summed E-state index contributed by atoms with van der Waals surface area (Å²) in [4.78, 5) is 14.7. The highest BCUT2D eigenvalue weighted by molar-refractivity contribution is 6.30. The fraction of sp³-hybridized carbons (Fsp3) is 0.438. The second-order valence-electron chi connectivity index (χ2n) is 6.04. The van der Waals surface area contributed by atoms with Crippen LogP contribution in [0.2, 0.25) is 5.02 Å². The number of carbonyl (C=O) groups excluding carboxylic acids is 1. The molecule has 0 saturated heterocycles. The number of halogens is 1. The van der Waals surface area contributed by atoms with Crippen molar-refractivity contribution < 1.29 is 9.53 Å². The van der Waals surface area contributed by atoms with E-state index in [0.717, 1.165) is 29.5 Å². The Kier molecular flexibility index (Phi) is 3.49. The van der Waals surface area contributed by atoms with Gasteiger partial charge in [0.25, 0.3) is 0 Å². The summed E-state index contributed by atoms with van der Waals surface area (Å²) in [5.74, 6) is 2.52. The quantitative estimate of drug-likeness (QED) is 0.799. The van der Waals surface area contributed by atoms with Gasteiger partial charge in [-0.25, -0.2) is 0 Å². The van der Waals surface area contributed by atoms with Gasteiger partial charge >= 0.3 is 0 Å². The maximum Gasteiger partial charge on any atom is 0.229 e. The maximum atomic E-state index is 12.8. The van der Waals surface area contributed by atoms with Gasteiger partial charge in [-0.2, -0.15) is 0 Å². The SMILES string of the molecule is Cc1nnc2n1CCN(C(=O)[C@H]1COc3ccc(Cl)cc3C1)C2. The smallest absolute Gasteiger partial charge is 0.229 e. The Labute approximate surface area is 139 Å². The second kappa shape index (κ2) is 5.53. The molecule has 0 bridgehead atoms. The molecule has 2 aliphatic rings. The number of rotatable bonds is 1. The summed E-state index contributed by atoms with van der Waals surface area (Å²) in [7, 11) is 0. The third-order valence-corrected chi connectivity index (χ3v) is 4.76. The number of aryl methyl sites for hydroxylation is 1. The van der Waals surface area contributed by atoms with Crippen molar-refractivity contribution in [1.82, 2.24) is 19.7 Å². The van der Waals surface area contributed by atoms with Gasteiger partial charge in [0, 0.05) is 18.1 Å². The fourth-order valence-electron chi connectivity index (χ4n) is 3.27. The first-order valence-electron chi connectivity index (χ1n) is 7.70. The van der Waals surface area contributed by atoms with Gasteiger partial charge in [-0.05, 0) is 37.1 Å². The third kappa shape index (κ3) is 2.57. The summed E-state index contributed by atoms with van der Waals surface area (Å²) in [5.41, 5.74) is 0.998. The molecule has 4 rings (SSSR count).